The van der Waals surface area contributed by atoms with E-state index in [1.165, 1.54) is 11.1 Å². The Morgan fingerprint density at radius 2 is 1.92 bits per heavy atom. The summed E-state index contributed by atoms with van der Waals surface area (Å²) in [7, 11) is 0. The summed E-state index contributed by atoms with van der Waals surface area (Å²) in [5.74, 6) is 0.455. The summed E-state index contributed by atoms with van der Waals surface area (Å²) >= 11 is 0. The average Bonchev–Trinajstić information content (AvgIpc) is 3.16. The number of hydrogen-bond donors (Lipinski definition) is 2. The van der Waals surface area contributed by atoms with Gasteiger partial charge in [-0.2, -0.15) is 0 Å². The van der Waals surface area contributed by atoms with Crippen LogP contribution >= 0.6 is 0 Å². The van der Waals surface area contributed by atoms with Gasteiger partial charge in [0, 0.05) is 44.8 Å². The maximum Gasteiger partial charge on any atom is 0.228 e. The van der Waals surface area contributed by atoms with E-state index < -0.39 is 0 Å². The smallest absolute Gasteiger partial charge is 0.228 e. The molecule has 5 heteroatoms. The van der Waals surface area contributed by atoms with Crippen LogP contribution in [0.1, 0.15) is 43.7 Å². The zero-order valence-electron chi connectivity index (χ0n) is 15.9. The largest absolute Gasteiger partial charge is 0.342 e. The van der Waals surface area contributed by atoms with Gasteiger partial charge < -0.3 is 4.90 Å². The molecule has 5 nitrogen and oxygen atoms in total. The first-order valence-electron chi connectivity index (χ1n) is 10.3. The van der Waals surface area contributed by atoms with Crippen molar-refractivity contribution < 1.29 is 4.79 Å². The van der Waals surface area contributed by atoms with Gasteiger partial charge in [-0.05, 0) is 36.8 Å². The van der Waals surface area contributed by atoms with Crippen molar-refractivity contribution in [2.75, 3.05) is 26.2 Å². The summed E-state index contributed by atoms with van der Waals surface area (Å²) in [5.41, 5.74) is 9.49. The highest BCUT2D eigenvalue weighted by atomic mass is 16.2. The number of hydrazine groups is 1. The Morgan fingerprint density at radius 1 is 1.15 bits per heavy atom. The molecular formula is C21H32N4O. The Hall–Kier alpha value is -1.43. The van der Waals surface area contributed by atoms with Crippen LogP contribution in [0.2, 0.25) is 0 Å². The molecule has 3 aliphatic rings. The number of carbonyl (C=O) groups is 1. The number of rotatable bonds is 4. The molecule has 0 radical (unpaired) electrons. The minimum Gasteiger partial charge on any atom is -0.342 e. The van der Waals surface area contributed by atoms with Gasteiger partial charge in [0.25, 0.3) is 0 Å². The second-order valence-corrected chi connectivity index (χ2v) is 8.07. The molecule has 3 heterocycles. The lowest BCUT2D eigenvalue weighted by Crippen LogP contribution is -2.50. The molecule has 0 aromatic heterocycles. The van der Waals surface area contributed by atoms with Crippen molar-refractivity contribution in [1.82, 2.24) is 20.7 Å². The molecule has 2 atom stereocenters. The number of fused-ring (bicyclic) bond motifs is 1. The van der Waals surface area contributed by atoms with E-state index >= 15 is 0 Å². The molecule has 26 heavy (non-hydrogen) atoms. The second-order valence-electron chi connectivity index (χ2n) is 8.07. The molecular weight excluding hydrogens is 324 g/mol. The summed E-state index contributed by atoms with van der Waals surface area (Å²) in [6, 6.07) is 9.76. The van der Waals surface area contributed by atoms with E-state index in [1.807, 2.05) is 0 Å². The van der Waals surface area contributed by atoms with Gasteiger partial charge in [0.2, 0.25) is 5.91 Å². The highest BCUT2D eigenvalue weighted by molar-refractivity contribution is 5.80. The van der Waals surface area contributed by atoms with Gasteiger partial charge in [-0.1, -0.05) is 37.6 Å². The quantitative estimate of drug-likeness (QED) is 0.865. The van der Waals surface area contributed by atoms with Crippen LogP contribution in [-0.2, 0) is 17.8 Å². The monoisotopic (exact) mass is 356 g/mol. The molecule has 0 bridgehead atoms. The summed E-state index contributed by atoms with van der Waals surface area (Å²) in [5, 5.41) is 0. The Kier molecular flexibility index (Phi) is 5.57. The number of amides is 1. The fourth-order valence-electron chi connectivity index (χ4n) is 4.90. The fourth-order valence-corrected chi connectivity index (χ4v) is 4.90. The van der Waals surface area contributed by atoms with Gasteiger partial charge in [-0.25, -0.2) is 0 Å². The van der Waals surface area contributed by atoms with Crippen molar-refractivity contribution in [2.45, 2.75) is 57.7 Å². The number of nitrogens with one attached hydrogen (secondary N) is 2. The first-order valence-corrected chi connectivity index (χ1v) is 10.3. The average molecular weight is 357 g/mol. The maximum atomic E-state index is 13.0. The molecule has 2 unspecified atom stereocenters. The van der Waals surface area contributed by atoms with Crippen LogP contribution in [0.15, 0.2) is 24.3 Å². The summed E-state index contributed by atoms with van der Waals surface area (Å²) < 4.78 is 0. The van der Waals surface area contributed by atoms with Gasteiger partial charge in [0.1, 0.15) is 0 Å². The summed E-state index contributed by atoms with van der Waals surface area (Å²) in [4.78, 5) is 17.7. The lowest BCUT2D eigenvalue weighted by atomic mass is 9.93. The van der Waals surface area contributed by atoms with Crippen molar-refractivity contribution in [1.29, 1.82) is 0 Å². The summed E-state index contributed by atoms with van der Waals surface area (Å²) in [6.07, 6.45) is 5.56. The lowest BCUT2D eigenvalue weighted by Gasteiger charge is -2.41. The molecule has 2 N–H and O–H groups in total. The maximum absolute atomic E-state index is 13.0. The Labute approximate surface area is 157 Å². The number of nitrogens with zero attached hydrogens (tertiary/aromatic N) is 2. The number of piperidine rings is 1. The zero-order valence-corrected chi connectivity index (χ0v) is 15.9. The van der Waals surface area contributed by atoms with E-state index in [0.29, 0.717) is 18.0 Å². The van der Waals surface area contributed by atoms with E-state index in [-0.39, 0.29) is 5.92 Å². The predicted molar refractivity (Wildman–Crippen MR) is 103 cm³/mol. The van der Waals surface area contributed by atoms with Crippen LogP contribution in [0.25, 0.3) is 0 Å². The lowest BCUT2D eigenvalue weighted by molar-refractivity contribution is -0.137. The highest BCUT2D eigenvalue weighted by Gasteiger charge is 2.37. The van der Waals surface area contributed by atoms with E-state index in [0.717, 1.165) is 64.8 Å². The first-order chi connectivity index (χ1) is 12.8. The van der Waals surface area contributed by atoms with E-state index in [1.54, 1.807) is 0 Å². The second kappa shape index (κ2) is 8.07. The number of hydrogen-bond acceptors (Lipinski definition) is 4. The van der Waals surface area contributed by atoms with E-state index in [9.17, 15) is 4.79 Å². The fraction of sp³-hybridized carbons (Fsp3) is 0.667. The SMILES string of the molecule is CCCC1NNCC1C(=O)N1CCC(N2CCc3ccccc3C2)CC1. The predicted octanol–water partition coefficient (Wildman–Crippen LogP) is 1.93. The third-order valence-corrected chi connectivity index (χ3v) is 6.46. The summed E-state index contributed by atoms with van der Waals surface area (Å²) in [6.45, 7) is 7.01. The van der Waals surface area contributed by atoms with Crippen molar-refractivity contribution in [3.05, 3.63) is 35.4 Å². The molecule has 1 amide bonds. The normalized spacial score (nSPS) is 27.5. The van der Waals surface area contributed by atoms with Gasteiger partial charge >= 0.3 is 0 Å². The molecule has 0 saturated carbocycles. The first kappa shape index (κ1) is 18.0. The van der Waals surface area contributed by atoms with Gasteiger partial charge in [0.15, 0.2) is 0 Å². The molecule has 2 fully saturated rings. The standard InChI is InChI=1S/C21H32N4O/c1-2-5-20-19(14-22-23-20)21(26)24-12-9-18(10-13-24)25-11-8-16-6-3-4-7-17(16)15-25/h3-4,6-7,18-20,22-23H,2,5,8-15H2,1H3. The third kappa shape index (κ3) is 3.66. The van der Waals surface area contributed by atoms with Gasteiger partial charge in [0.05, 0.1) is 5.92 Å². The van der Waals surface area contributed by atoms with Gasteiger partial charge in [-0.15, -0.1) is 0 Å². The topological polar surface area (TPSA) is 47.6 Å². The van der Waals surface area contributed by atoms with Crippen LogP contribution in [-0.4, -0.2) is 54.0 Å². The number of carbonyl (C=O) groups excluding carboxylic acids is 1. The van der Waals surface area contributed by atoms with Gasteiger partial charge in [-0.3, -0.25) is 20.5 Å². The van der Waals surface area contributed by atoms with Crippen LogP contribution in [0.5, 0.6) is 0 Å². The molecule has 2 saturated heterocycles. The van der Waals surface area contributed by atoms with Crippen LogP contribution in [0, 0.1) is 5.92 Å². The molecule has 3 aliphatic heterocycles. The van der Waals surface area contributed by atoms with Crippen molar-refractivity contribution >= 4 is 5.91 Å². The highest BCUT2D eigenvalue weighted by Crippen LogP contribution is 2.26. The Bertz CT molecular complexity index is 626. The molecule has 4 rings (SSSR count). The third-order valence-electron chi connectivity index (χ3n) is 6.46. The molecule has 1 aromatic rings. The van der Waals surface area contributed by atoms with Crippen LogP contribution in [0.3, 0.4) is 0 Å². The number of benzene rings is 1. The van der Waals surface area contributed by atoms with Crippen molar-refractivity contribution in [3.8, 4) is 0 Å². The van der Waals surface area contributed by atoms with Crippen LogP contribution in [0.4, 0.5) is 0 Å². The minimum absolute atomic E-state index is 0.105. The Morgan fingerprint density at radius 3 is 2.69 bits per heavy atom. The van der Waals surface area contributed by atoms with Crippen molar-refractivity contribution in [2.24, 2.45) is 5.92 Å². The molecule has 1 aromatic carbocycles. The van der Waals surface area contributed by atoms with E-state index in [4.69, 9.17) is 0 Å². The van der Waals surface area contributed by atoms with E-state index in [2.05, 4.69) is 51.8 Å². The minimum atomic E-state index is 0.105. The van der Waals surface area contributed by atoms with Crippen molar-refractivity contribution in [3.63, 3.8) is 0 Å². The molecule has 142 valence electrons. The Balaban J connectivity index is 1.31. The number of likely N-dealkylation sites (tertiary alicyclic amines) is 1. The zero-order chi connectivity index (χ0) is 17.9. The molecule has 0 spiro atoms. The molecule has 0 aliphatic carbocycles. The van der Waals surface area contributed by atoms with Crippen LogP contribution < -0.4 is 10.9 Å².